The van der Waals surface area contributed by atoms with Crippen molar-refractivity contribution in [1.82, 2.24) is 5.32 Å². The van der Waals surface area contributed by atoms with Crippen LogP contribution in [0.15, 0.2) is 24.3 Å². The lowest BCUT2D eigenvalue weighted by Gasteiger charge is -1.99. The maximum absolute atomic E-state index is 11.3. The Morgan fingerprint density at radius 2 is 1.95 bits per heavy atom. The van der Waals surface area contributed by atoms with Gasteiger partial charge in [-0.3, -0.25) is 9.59 Å². The number of hydrogen-bond acceptors (Lipinski definition) is 2. The van der Waals surface area contributed by atoms with Crippen molar-refractivity contribution in [2.75, 3.05) is 6.54 Å². The summed E-state index contributed by atoms with van der Waals surface area (Å²) >= 11 is 0. The van der Waals surface area contributed by atoms with Crippen molar-refractivity contribution in [2.45, 2.75) is 26.2 Å². The summed E-state index contributed by atoms with van der Waals surface area (Å²) < 4.78 is 0. The molecule has 1 rings (SSSR count). The number of rotatable bonds is 5. The predicted molar refractivity (Wildman–Crippen MR) is 74.4 cm³/mol. The van der Waals surface area contributed by atoms with Gasteiger partial charge in [0.2, 0.25) is 11.8 Å². The SMILES string of the molecule is CCCCC(=O)NCC#Cc1ccc(C(N)=O)cc1. The van der Waals surface area contributed by atoms with Gasteiger partial charge in [0.1, 0.15) is 0 Å². The minimum absolute atomic E-state index is 0.0280. The maximum Gasteiger partial charge on any atom is 0.248 e. The molecule has 0 aliphatic rings. The van der Waals surface area contributed by atoms with Crippen LogP contribution in [0.4, 0.5) is 0 Å². The van der Waals surface area contributed by atoms with E-state index in [1.165, 1.54) is 0 Å². The zero-order chi connectivity index (χ0) is 14.1. The van der Waals surface area contributed by atoms with Crippen molar-refractivity contribution < 1.29 is 9.59 Å². The van der Waals surface area contributed by atoms with Crippen LogP contribution in [-0.4, -0.2) is 18.4 Å². The number of amides is 2. The minimum atomic E-state index is -0.456. The van der Waals surface area contributed by atoms with E-state index in [0.717, 1.165) is 18.4 Å². The summed E-state index contributed by atoms with van der Waals surface area (Å²) in [7, 11) is 0. The fourth-order valence-electron chi connectivity index (χ4n) is 1.43. The fourth-order valence-corrected chi connectivity index (χ4v) is 1.43. The highest BCUT2D eigenvalue weighted by molar-refractivity contribution is 5.92. The molecule has 100 valence electrons. The Hall–Kier alpha value is -2.28. The molecule has 0 aliphatic carbocycles. The molecule has 0 heterocycles. The van der Waals surface area contributed by atoms with Crippen LogP contribution in [0.5, 0.6) is 0 Å². The Bertz CT molecular complexity index is 495. The normalized spacial score (nSPS) is 9.32. The van der Waals surface area contributed by atoms with E-state index in [-0.39, 0.29) is 5.91 Å². The summed E-state index contributed by atoms with van der Waals surface area (Å²) in [5.41, 5.74) is 6.38. The Morgan fingerprint density at radius 3 is 2.53 bits per heavy atom. The summed E-state index contributed by atoms with van der Waals surface area (Å²) in [5.74, 6) is 5.34. The van der Waals surface area contributed by atoms with Gasteiger partial charge in [-0.15, -0.1) is 0 Å². The lowest BCUT2D eigenvalue weighted by molar-refractivity contribution is -0.120. The molecule has 0 fully saturated rings. The second kappa shape index (κ2) is 7.93. The van der Waals surface area contributed by atoms with Crippen molar-refractivity contribution in [3.05, 3.63) is 35.4 Å². The molecule has 0 spiro atoms. The molecule has 4 nitrogen and oxygen atoms in total. The number of primary amides is 1. The molecule has 1 aromatic rings. The van der Waals surface area contributed by atoms with E-state index in [9.17, 15) is 9.59 Å². The molecular weight excluding hydrogens is 240 g/mol. The van der Waals surface area contributed by atoms with Crippen molar-refractivity contribution in [3.8, 4) is 11.8 Å². The maximum atomic E-state index is 11.3. The molecule has 0 radical (unpaired) electrons. The van der Waals surface area contributed by atoms with E-state index >= 15 is 0 Å². The first kappa shape index (κ1) is 14.8. The van der Waals surface area contributed by atoms with Crippen LogP contribution in [0, 0.1) is 11.8 Å². The van der Waals surface area contributed by atoms with E-state index in [4.69, 9.17) is 5.73 Å². The standard InChI is InChI=1S/C15H18N2O2/c1-2-3-6-14(18)17-11-4-5-12-7-9-13(10-8-12)15(16)19/h7-10H,2-3,6,11H2,1H3,(H2,16,19)(H,17,18). The molecule has 19 heavy (non-hydrogen) atoms. The van der Waals surface area contributed by atoms with Crippen LogP contribution in [0.2, 0.25) is 0 Å². The number of carbonyl (C=O) groups is 2. The molecule has 0 bridgehead atoms. The molecule has 0 unspecified atom stereocenters. The fraction of sp³-hybridized carbons (Fsp3) is 0.333. The van der Waals surface area contributed by atoms with Gasteiger partial charge in [0.05, 0.1) is 6.54 Å². The smallest absolute Gasteiger partial charge is 0.248 e. The van der Waals surface area contributed by atoms with E-state index in [1.54, 1.807) is 24.3 Å². The summed E-state index contributed by atoms with van der Waals surface area (Å²) in [4.78, 5) is 22.2. The largest absolute Gasteiger partial charge is 0.366 e. The van der Waals surface area contributed by atoms with E-state index in [1.807, 2.05) is 6.92 Å². The van der Waals surface area contributed by atoms with E-state index in [2.05, 4.69) is 17.2 Å². The molecule has 0 saturated heterocycles. The summed E-state index contributed by atoms with van der Waals surface area (Å²) in [6.07, 6.45) is 2.45. The number of nitrogens with one attached hydrogen (secondary N) is 1. The monoisotopic (exact) mass is 258 g/mol. The zero-order valence-electron chi connectivity index (χ0n) is 11.0. The van der Waals surface area contributed by atoms with Crippen molar-refractivity contribution >= 4 is 11.8 Å². The van der Waals surface area contributed by atoms with Gasteiger partial charge < -0.3 is 11.1 Å². The lowest BCUT2D eigenvalue weighted by Crippen LogP contribution is -2.22. The zero-order valence-corrected chi connectivity index (χ0v) is 11.0. The van der Waals surface area contributed by atoms with Gasteiger partial charge in [-0.2, -0.15) is 0 Å². The summed E-state index contributed by atoms with van der Waals surface area (Å²) in [6, 6.07) is 6.72. The van der Waals surface area contributed by atoms with Crippen LogP contribution in [0.3, 0.4) is 0 Å². The van der Waals surface area contributed by atoms with Gasteiger partial charge in [-0.25, -0.2) is 0 Å². The average molecular weight is 258 g/mol. The molecule has 3 N–H and O–H groups in total. The molecule has 0 atom stereocenters. The molecule has 4 heteroatoms. The second-order valence-electron chi connectivity index (χ2n) is 4.12. The first-order valence-corrected chi connectivity index (χ1v) is 6.29. The highest BCUT2D eigenvalue weighted by Gasteiger charge is 1.98. The van der Waals surface area contributed by atoms with Crippen molar-refractivity contribution in [1.29, 1.82) is 0 Å². The number of benzene rings is 1. The average Bonchev–Trinajstić information content (AvgIpc) is 2.41. The highest BCUT2D eigenvalue weighted by Crippen LogP contribution is 2.01. The third-order valence-corrected chi connectivity index (χ3v) is 2.53. The molecule has 1 aromatic carbocycles. The molecule has 0 aliphatic heterocycles. The first-order valence-electron chi connectivity index (χ1n) is 6.29. The van der Waals surface area contributed by atoms with Gasteiger partial charge in [-0.05, 0) is 30.7 Å². The highest BCUT2D eigenvalue weighted by atomic mass is 16.1. The number of hydrogen-bond donors (Lipinski definition) is 2. The summed E-state index contributed by atoms with van der Waals surface area (Å²) in [5, 5.41) is 2.73. The Morgan fingerprint density at radius 1 is 1.26 bits per heavy atom. The molecule has 0 aromatic heterocycles. The van der Waals surface area contributed by atoms with Gasteiger partial charge in [0.25, 0.3) is 0 Å². The number of unbranched alkanes of at least 4 members (excludes halogenated alkanes) is 1. The second-order valence-corrected chi connectivity index (χ2v) is 4.12. The van der Waals surface area contributed by atoms with Gasteiger partial charge in [0, 0.05) is 17.5 Å². The Labute approximate surface area is 113 Å². The lowest BCUT2D eigenvalue weighted by atomic mass is 10.1. The molecule has 2 amide bonds. The Balaban J connectivity index is 2.41. The third kappa shape index (κ3) is 5.73. The van der Waals surface area contributed by atoms with Crippen LogP contribution < -0.4 is 11.1 Å². The van der Waals surface area contributed by atoms with E-state index < -0.39 is 5.91 Å². The van der Waals surface area contributed by atoms with Crippen LogP contribution in [0.1, 0.15) is 42.1 Å². The first-order chi connectivity index (χ1) is 9.13. The van der Waals surface area contributed by atoms with Gasteiger partial charge in [-0.1, -0.05) is 25.2 Å². The van der Waals surface area contributed by atoms with Crippen LogP contribution in [0.25, 0.3) is 0 Å². The van der Waals surface area contributed by atoms with Crippen molar-refractivity contribution in [2.24, 2.45) is 5.73 Å². The van der Waals surface area contributed by atoms with Gasteiger partial charge >= 0.3 is 0 Å². The third-order valence-electron chi connectivity index (χ3n) is 2.53. The Kier molecular flexibility index (Phi) is 6.17. The quantitative estimate of drug-likeness (QED) is 0.784. The molecular formula is C15H18N2O2. The summed E-state index contributed by atoms with van der Waals surface area (Å²) in [6.45, 7) is 2.38. The van der Waals surface area contributed by atoms with Crippen LogP contribution in [-0.2, 0) is 4.79 Å². The number of carbonyl (C=O) groups excluding carboxylic acids is 2. The van der Waals surface area contributed by atoms with Crippen LogP contribution >= 0.6 is 0 Å². The predicted octanol–water partition coefficient (Wildman–Crippen LogP) is 1.44. The van der Waals surface area contributed by atoms with E-state index in [0.29, 0.717) is 18.5 Å². The minimum Gasteiger partial charge on any atom is -0.366 e. The topological polar surface area (TPSA) is 72.2 Å². The molecule has 0 saturated carbocycles. The number of nitrogens with two attached hydrogens (primary N) is 1. The van der Waals surface area contributed by atoms with Crippen molar-refractivity contribution in [3.63, 3.8) is 0 Å². The van der Waals surface area contributed by atoms with Gasteiger partial charge in [0.15, 0.2) is 0 Å².